The average Bonchev–Trinajstić information content (AvgIpc) is 2.50. The minimum absolute atomic E-state index is 0.0437. The van der Waals surface area contributed by atoms with E-state index >= 15 is 0 Å². The molecule has 1 fully saturated rings. The van der Waals surface area contributed by atoms with Gasteiger partial charge in [-0.3, -0.25) is 0 Å². The van der Waals surface area contributed by atoms with Gasteiger partial charge >= 0.3 is 5.97 Å². The summed E-state index contributed by atoms with van der Waals surface area (Å²) in [6.07, 6.45) is -2.80. The molecule has 4 atom stereocenters. The van der Waals surface area contributed by atoms with E-state index in [1.54, 1.807) is 0 Å². The zero-order valence-corrected chi connectivity index (χ0v) is 12.6. The second-order valence-corrected chi connectivity index (χ2v) is 4.89. The minimum Gasteiger partial charge on any atom is -0.465 e. The first-order chi connectivity index (χ1) is 10.5. The lowest BCUT2D eigenvalue weighted by Crippen LogP contribution is -2.56. The van der Waals surface area contributed by atoms with Crippen molar-refractivity contribution in [3.63, 3.8) is 0 Å². The number of aliphatic hydroxyl groups excluding tert-OH is 2. The number of hydrogen-bond acceptors (Lipinski definition) is 9. The Kier molecular flexibility index (Phi) is 5.48. The fourth-order valence-electron chi connectivity index (χ4n) is 2.11. The van der Waals surface area contributed by atoms with Crippen molar-refractivity contribution in [2.45, 2.75) is 24.5 Å². The standard InChI is InChI=1S/C12H16ClN3O6/c1-20-8-5(17)3-22-11(7(8)18)16-10-6(12(19)21-2)9(13)14-4-15-10/h4-5,7-8,11,17-18H,3H2,1-2H3,(H,14,15,16)/t5?,7-,8?,11-/m1/s1. The molecule has 1 aliphatic rings. The highest BCUT2D eigenvalue weighted by Crippen LogP contribution is 2.24. The number of ether oxygens (including phenoxy) is 3. The zero-order chi connectivity index (χ0) is 16.3. The van der Waals surface area contributed by atoms with Crippen LogP contribution in [0.2, 0.25) is 5.15 Å². The summed E-state index contributed by atoms with van der Waals surface area (Å²) in [6, 6.07) is 0. The van der Waals surface area contributed by atoms with Crippen LogP contribution in [0.3, 0.4) is 0 Å². The minimum atomic E-state index is -1.19. The summed E-state index contributed by atoms with van der Waals surface area (Å²) in [5, 5.41) is 22.5. The van der Waals surface area contributed by atoms with Crippen LogP contribution in [-0.2, 0) is 14.2 Å². The maximum atomic E-state index is 11.8. The molecule has 1 aromatic rings. The summed E-state index contributed by atoms with van der Waals surface area (Å²) < 4.78 is 15.0. The van der Waals surface area contributed by atoms with E-state index in [0.717, 1.165) is 6.33 Å². The number of aliphatic hydroxyl groups is 2. The molecule has 1 aromatic heterocycles. The maximum Gasteiger partial charge on any atom is 0.344 e. The van der Waals surface area contributed by atoms with E-state index in [1.165, 1.54) is 14.2 Å². The van der Waals surface area contributed by atoms with Gasteiger partial charge in [0.1, 0.15) is 41.2 Å². The SMILES string of the molecule is COC(=O)c1c(Cl)ncnc1N[C@@H]1OCC(O)C(OC)[C@H]1O. The summed E-state index contributed by atoms with van der Waals surface area (Å²) in [5.41, 5.74) is -0.0810. The van der Waals surface area contributed by atoms with E-state index in [2.05, 4.69) is 20.0 Å². The van der Waals surface area contributed by atoms with Crippen LogP contribution in [-0.4, -0.2) is 71.5 Å². The first kappa shape index (κ1) is 16.8. The molecule has 0 amide bonds. The lowest BCUT2D eigenvalue weighted by Gasteiger charge is -2.37. The van der Waals surface area contributed by atoms with Crippen LogP contribution >= 0.6 is 11.6 Å². The average molecular weight is 334 g/mol. The highest BCUT2D eigenvalue weighted by molar-refractivity contribution is 6.33. The molecular formula is C12H16ClN3O6. The van der Waals surface area contributed by atoms with Crippen molar-refractivity contribution >= 4 is 23.4 Å². The molecule has 0 spiro atoms. The molecule has 0 radical (unpaired) electrons. The summed E-state index contributed by atoms with van der Waals surface area (Å²) in [5.74, 6) is -0.691. The molecule has 22 heavy (non-hydrogen) atoms. The van der Waals surface area contributed by atoms with Gasteiger partial charge in [-0.15, -0.1) is 0 Å². The Bertz CT molecular complexity index is 546. The van der Waals surface area contributed by atoms with Crippen LogP contribution in [0.25, 0.3) is 0 Å². The Morgan fingerprint density at radius 2 is 2.18 bits per heavy atom. The fraction of sp³-hybridized carbons (Fsp3) is 0.583. The van der Waals surface area contributed by atoms with Crippen molar-refractivity contribution < 1.29 is 29.2 Å². The highest BCUT2D eigenvalue weighted by Gasteiger charge is 2.39. The summed E-state index contributed by atoms with van der Waals surface area (Å²) in [4.78, 5) is 19.4. The van der Waals surface area contributed by atoms with Crippen LogP contribution in [0.4, 0.5) is 5.82 Å². The normalized spacial score (nSPS) is 28.2. The van der Waals surface area contributed by atoms with Crippen LogP contribution in [0.15, 0.2) is 6.33 Å². The third kappa shape index (κ3) is 3.28. The van der Waals surface area contributed by atoms with Gasteiger partial charge < -0.3 is 29.7 Å². The number of carbonyl (C=O) groups excluding carboxylic acids is 1. The molecule has 1 saturated heterocycles. The van der Waals surface area contributed by atoms with Gasteiger partial charge in [0.25, 0.3) is 0 Å². The molecule has 0 saturated carbocycles. The highest BCUT2D eigenvalue weighted by atomic mass is 35.5. The number of rotatable bonds is 4. The van der Waals surface area contributed by atoms with E-state index in [4.69, 9.17) is 21.1 Å². The number of aromatic nitrogens is 2. The van der Waals surface area contributed by atoms with Crippen molar-refractivity contribution in [3.8, 4) is 0 Å². The quantitative estimate of drug-likeness (QED) is 0.490. The molecule has 122 valence electrons. The van der Waals surface area contributed by atoms with Crippen molar-refractivity contribution in [1.29, 1.82) is 0 Å². The lowest BCUT2D eigenvalue weighted by atomic mass is 10.0. The monoisotopic (exact) mass is 333 g/mol. The number of halogens is 1. The number of nitrogens with one attached hydrogen (secondary N) is 1. The predicted octanol–water partition coefficient (Wildman–Crippen LogP) is -0.578. The Labute approximate surface area is 131 Å². The van der Waals surface area contributed by atoms with Crippen molar-refractivity contribution in [2.24, 2.45) is 0 Å². The molecule has 2 heterocycles. The molecule has 9 nitrogen and oxygen atoms in total. The number of hydrogen-bond donors (Lipinski definition) is 3. The molecule has 2 unspecified atom stereocenters. The topological polar surface area (TPSA) is 123 Å². The molecular weight excluding hydrogens is 318 g/mol. The molecule has 3 N–H and O–H groups in total. The molecule has 2 rings (SSSR count). The van der Waals surface area contributed by atoms with Gasteiger partial charge in [-0.2, -0.15) is 0 Å². The van der Waals surface area contributed by atoms with Gasteiger partial charge in [0, 0.05) is 7.11 Å². The maximum absolute atomic E-state index is 11.8. The second kappa shape index (κ2) is 7.16. The van der Waals surface area contributed by atoms with E-state index in [1.807, 2.05) is 0 Å². The number of anilines is 1. The Hall–Kier alpha value is -1.52. The number of esters is 1. The van der Waals surface area contributed by atoms with Crippen LogP contribution in [0.5, 0.6) is 0 Å². The van der Waals surface area contributed by atoms with Crippen molar-refractivity contribution in [3.05, 3.63) is 17.0 Å². The van der Waals surface area contributed by atoms with Gasteiger partial charge in [0.05, 0.1) is 13.7 Å². The summed E-state index contributed by atoms with van der Waals surface area (Å²) >= 11 is 5.88. The van der Waals surface area contributed by atoms with E-state index < -0.39 is 30.5 Å². The molecule has 0 bridgehead atoms. The van der Waals surface area contributed by atoms with E-state index in [9.17, 15) is 15.0 Å². The third-order valence-corrected chi connectivity index (χ3v) is 3.50. The Morgan fingerprint density at radius 3 is 2.82 bits per heavy atom. The molecule has 10 heteroatoms. The van der Waals surface area contributed by atoms with Crippen LogP contribution in [0, 0.1) is 0 Å². The third-order valence-electron chi connectivity index (χ3n) is 3.21. The smallest absolute Gasteiger partial charge is 0.344 e. The first-order valence-electron chi connectivity index (χ1n) is 6.35. The van der Waals surface area contributed by atoms with Crippen molar-refractivity contribution in [1.82, 2.24) is 9.97 Å². The lowest BCUT2D eigenvalue weighted by molar-refractivity contribution is -0.188. The van der Waals surface area contributed by atoms with E-state index in [0.29, 0.717) is 0 Å². The fourth-order valence-corrected chi connectivity index (χ4v) is 2.32. The summed E-state index contributed by atoms with van der Waals surface area (Å²) in [7, 11) is 2.56. The van der Waals surface area contributed by atoms with Crippen LogP contribution < -0.4 is 5.32 Å². The van der Waals surface area contributed by atoms with E-state index in [-0.39, 0.29) is 23.1 Å². The Morgan fingerprint density at radius 1 is 1.45 bits per heavy atom. The van der Waals surface area contributed by atoms with Gasteiger partial charge in [-0.1, -0.05) is 11.6 Å². The van der Waals surface area contributed by atoms with Gasteiger partial charge in [0.15, 0.2) is 6.23 Å². The molecule has 0 aromatic carbocycles. The Balaban J connectivity index is 2.24. The van der Waals surface area contributed by atoms with Gasteiger partial charge in [-0.05, 0) is 0 Å². The number of nitrogens with zero attached hydrogens (tertiary/aromatic N) is 2. The van der Waals surface area contributed by atoms with Gasteiger partial charge in [-0.25, -0.2) is 14.8 Å². The first-order valence-corrected chi connectivity index (χ1v) is 6.73. The number of carbonyl (C=O) groups is 1. The predicted molar refractivity (Wildman–Crippen MR) is 74.6 cm³/mol. The molecule has 1 aliphatic heterocycles. The summed E-state index contributed by atoms with van der Waals surface area (Å²) in [6.45, 7) is -0.0559. The van der Waals surface area contributed by atoms with Crippen LogP contribution in [0.1, 0.15) is 10.4 Å². The largest absolute Gasteiger partial charge is 0.465 e. The van der Waals surface area contributed by atoms with Gasteiger partial charge in [0.2, 0.25) is 0 Å². The second-order valence-electron chi connectivity index (χ2n) is 4.54. The van der Waals surface area contributed by atoms with Crippen molar-refractivity contribution in [2.75, 3.05) is 26.1 Å². The zero-order valence-electron chi connectivity index (χ0n) is 11.9. The number of methoxy groups -OCH3 is 2. The molecule has 0 aliphatic carbocycles.